The van der Waals surface area contributed by atoms with Crippen molar-refractivity contribution in [1.82, 2.24) is 4.98 Å². The van der Waals surface area contributed by atoms with E-state index in [0.717, 1.165) is 16.3 Å². The van der Waals surface area contributed by atoms with Gasteiger partial charge in [0.15, 0.2) is 0 Å². The van der Waals surface area contributed by atoms with E-state index in [2.05, 4.69) is 15.8 Å². The molecule has 1 heterocycles. The smallest absolute Gasteiger partial charge is 0.232 e. The molecular formula is C20H19N3O2S. The molecule has 6 heteroatoms. The number of aromatic nitrogens is 1. The second kappa shape index (κ2) is 7.14. The van der Waals surface area contributed by atoms with Crippen LogP contribution in [0.25, 0.3) is 21.9 Å². The summed E-state index contributed by atoms with van der Waals surface area (Å²) in [5.41, 5.74) is 2.57. The third kappa shape index (κ3) is 3.68. The minimum atomic E-state index is -3.46. The standard InChI is InChI=1S/C20H19N3O2S/c1-14(2)13-26(24,25)23-20-9-10-22-12-19(20)18-8-7-15(11-21)16-5-3-4-6-17(16)18/h3-10,12,14H,13H2,1-2H3,(H,22,23). The Morgan fingerprint density at radius 1 is 1.08 bits per heavy atom. The van der Waals surface area contributed by atoms with Crippen molar-refractivity contribution in [2.75, 3.05) is 10.5 Å². The lowest BCUT2D eigenvalue weighted by Gasteiger charge is -2.15. The largest absolute Gasteiger partial charge is 0.283 e. The summed E-state index contributed by atoms with van der Waals surface area (Å²) in [5, 5.41) is 11.0. The zero-order valence-corrected chi connectivity index (χ0v) is 15.4. The average Bonchev–Trinajstić information content (AvgIpc) is 2.60. The maximum atomic E-state index is 12.4. The highest BCUT2D eigenvalue weighted by atomic mass is 32.2. The maximum Gasteiger partial charge on any atom is 0.232 e. The molecule has 0 unspecified atom stereocenters. The van der Waals surface area contributed by atoms with Crippen LogP contribution in [0.15, 0.2) is 54.9 Å². The lowest BCUT2D eigenvalue weighted by Crippen LogP contribution is -2.20. The van der Waals surface area contributed by atoms with Gasteiger partial charge in [0, 0.05) is 23.3 Å². The van der Waals surface area contributed by atoms with Gasteiger partial charge in [0.1, 0.15) is 0 Å². The molecule has 0 radical (unpaired) electrons. The van der Waals surface area contributed by atoms with Crippen molar-refractivity contribution in [3.8, 4) is 17.2 Å². The summed E-state index contributed by atoms with van der Waals surface area (Å²) in [4.78, 5) is 4.16. The Balaban J connectivity index is 2.16. The molecule has 0 atom stereocenters. The van der Waals surface area contributed by atoms with Crippen LogP contribution in [0, 0.1) is 17.2 Å². The highest BCUT2D eigenvalue weighted by molar-refractivity contribution is 7.92. The second-order valence-corrected chi connectivity index (χ2v) is 8.28. The van der Waals surface area contributed by atoms with Crippen LogP contribution >= 0.6 is 0 Å². The van der Waals surface area contributed by atoms with E-state index in [0.29, 0.717) is 16.8 Å². The number of sulfonamides is 1. The first-order chi connectivity index (χ1) is 12.4. The topological polar surface area (TPSA) is 82.8 Å². The Hall–Kier alpha value is -2.91. The number of rotatable bonds is 5. The third-order valence-corrected chi connectivity index (χ3v) is 5.61. The Kier molecular flexibility index (Phi) is 4.92. The SMILES string of the molecule is CC(C)CS(=O)(=O)Nc1ccncc1-c1ccc(C#N)c2ccccc12. The minimum Gasteiger partial charge on any atom is -0.283 e. The summed E-state index contributed by atoms with van der Waals surface area (Å²) in [5.74, 6) is 0.0663. The van der Waals surface area contributed by atoms with Gasteiger partial charge in [0.05, 0.1) is 23.1 Å². The molecule has 5 nitrogen and oxygen atoms in total. The van der Waals surface area contributed by atoms with Crippen LogP contribution in [0.3, 0.4) is 0 Å². The fourth-order valence-corrected chi connectivity index (χ4v) is 4.45. The molecule has 0 aliphatic rings. The Morgan fingerprint density at radius 2 is 1.81 bits per heavy atom. The predicted octanol–water partition coefficient (Wildman–Crippen LogP) is 4.17. The first kappa shape index (κ1) is 17.9. The quantitative estimate of drug-likeness (QED) is 0.735. The van der Waals surface area contributed by atoms with Crippen LogP contribution in [0.2, 0.25) is 0 Å². The van der Waals surface area contributed by atoms with Crippen molar-refractivity contribution in [3.05, 3.63) is 60.4 Å². The van der Waals surface area contributed by atoms with Crippen molar-refractivity contribution in [2.45, 2.75) is 13.8 Å². The summed E-state index contributed by atoms with van der Waals surface area (Å²) in [7, 11) is -3.46. The number of benzene rings is 2. The van der Waals surface area contributed by atoms with Crippen LogP contribution < -0.4 is 4.72 Å². The molecule has 0 fully saturated rings. The molecule has 1 aromatic heterocycles. The minimum absolute atomic E-state index is 0.0218. The van der Waals surface area contributed by atoms with Crippen LogP contribution in [0.4, 0.5) is 5.69 Å². The normalized spacial score (nSPS) is 11.5. The molecule has 0 saturated heterocycles. The molecule has 0 spiro atoms. The zero-order chi connectivity index (χ0) is 18.7. The number of fused-ring (bicyclic) bond motifs is 1. The summed E-state index contributed by atoms with van der Waals surface area (Å²) in [6.45, 7) is 3.72. The monoisotopic (exact) mass is 365 g/mol. The molecule has 0 bridgehead atoms. The molecule has 1 N–H and O–H groups in total. The van der Waals surface area contributed by atoms with Gasteiger partial charge >= 0.3 is 0 Å². The van der Waals surface area contributed by atoms with Gasteiger partial charge in [-0.1, -0.05) is 44.2 Å². The lowest BCUT2D eigenvalue weighted by molar-refractivity contribution is 0.587. The molecule has 3 aromatic rings. The summed E-state index contributed by atoms with van der Waals surface area (Å²) < 4.78 is 27.4. The number of pyridine rings is 1. The molecular weight excluding hydrogens is 346 g/mol. The van der Waals surface area contributed by atoms with E-state index < -0.39 is 10.0 Å². The van der Waals surface area contributed by atoms with Crippen molar-refractivity contribution >= 4 is 26.5 Å². The fourth-order valence-electron chi connectivity index (χ4n) is 2.98. The van der Waals surface area contributed by atoms with Crippen LogP contribution in [-0.2, 0) is 10.0 Å². The number of hydrogen-bond donors (Lipinski definition) is 1. The van der Waals surface area contributed by atoms with Crippen LogP contribution in [-0.4, -0.2) is 19.2 Å². The highest BCUT2D eigenvalue weighted by Crippen LogP contribution is 2.34. The first-order valence-corrected chi connectivity index (χ1v) is 9.93. The Bertz CT molecular complexity index is 1100. The van der Waals surface area contributed by atoms with Crippen molar-refractivity contribution < 1.29 is 8.42 Å². The first-order valence-electron chi connectivity index (χ1n) is 8.28. The molecule has 0 aliphatic carbocycles. The predicted molar refractivity (Wildman–Crippen MR) is 104 cm³/mol. The van der Waals surface area contributed by atoms with Crippen molar-refractivity contribution in [3.63, 3.8) is 0 Å². The molecule has 0 saturated carbocycles. The number of nitriles is 1. The average molecular weight is 365 g/mol. The van der Waals surface area contributed by atoms with Crippen LogP contribution in [0.1, 0.15) is 19.4 Å². The van der Waals surface area contributed by atoms with Gasteiger partial charge in [0.2, 0.25) is 10.0 Å². The summed E-state index contributed by atoms with van der Waals surface area (Å²) >= 11 is 0. The molecule has 26 heavy (non-hydrogen) atoms. The third-order valence-electron chi connectivity index (χ3n) is 3.97. The maximum absolute atomic E-state index is 12.4. The van der Waals surface area contributed by atoms with E-state index in [4.69, 9.17) is 0 Å². The molecule has 0 aliphatic heterocycles. The molecule has 3 rings (SSSR count). The van der Waals surface area contributed by atoms with Crippen molar-refractivity contribution in [1.29, 1.82) is 5.26 Å². The van der Waals surface area contributed by atoms with Gasteiger partial charge < -0.3 is 0 Å². The fraction of sp³-hybridized carbons (Fsp3) is 0.200. The van der Waals surface area contributed by atoms with Gasteiger partial charge in [-0.25, -0.2) is 8.42 Å². The van der Waals surface area contributed by atoms with Gasteiger partial charge in [-0.15, -0.1) is 0 Å². The number of anilines is 1. The zero-order valence-electron chi connectivity index (χ0n) is 14.6. The Labute approximate surface area is 153 Å². The molecule has 2 aromatic carbocycles. The van der Waals surface area contributed by atoms with Crippen LogP contribution in [0.5, 0.6) is 0 Å². The van der Waals surface area contributed by atoms with Gasteiger partial charge in [-0.3, -0.25) is 9.71 Å². The van der Waals surface area contributed by atoms with E-state index in [9.17, 15) is 13.7 Å². The number of hydrogen-bond acceptors (Lipinski definition) is 4. The summed E-state index contributed by atoms with van der Waals surface area (Å²) in [6, 6.07) is 15.0. The second-order valence-electron chi connectivity index (χ2n) is 6.52. The van der Waals surface area contributed by atoms with Gasteiger partial charge in [-0.05, 0) is 29.0 Å². The van der Waals surface area contributed by atoms with Gasteiger partial charge in [-0.2, -0.15) is 5.26 Å². The van der Waals surface area contributed by atoms with E-state index in [1.165, 1.54) is 0 Å². The van der Waals surface area contributed by atoms with E-state index in [-0.39, 0.29) is 11.7 Å². The molecule has 0 amide bonds. The van der Waals surface area contributed by atoms with Crippen molar-refractivity contribution in [2.24, 2.45) is 5.92 Å². The van der Waals surface area contributed by atoms with E-state index >= 15 is 0 Å². The van der Waals surface area contributed by atoms with E-state index in [1.807, 2.05) is 44.2 Å². The summed E-state index contributed by atoms with van der Waals surface area (Å²) in [6.07, 6.45) is 3.20. The number of nitrogens with one attached hydrogen (secondary N) is 1. The van der Waals surface area contributed by atoms with E-state index in [1.54, 1.807) is 24.5 Å². The Morgan fingerprint density at radius 3 is 2.50 bits per heavy atom. The lowest BCUT2D eigenvalue weighted by atomic mass is 9.95. The number of nitrogens with zero attached hydrogens (tertiary/aromatic N) is 2. The molecule has 132 valence electrons. The highest BCUT2D eigenvalue weighted by Gasteiger charge is 2.17. The van der Waals surface area contributed by atoms with Gasteiger partial charge in [0.25, 0.3) is 0 Å².